The Morgan fingerprint density at radius 1 is 0.679 bits per heavy atom. The monoisotopic (exact) mass is 396 g/mol. The average Bonchev–Trinajstić information content (AvgIpc) is 2.70. The predicted octanol–water partition coefficient (Wildman–Crippen LogP) is 7.39. The number of aryl methyl sites for hydroxylation is 2. The Bertz CT molecular complexity index is 744. The molecular weight excluding hydrogens is 355 g/mol. The van der Waals surface area contributed by atoms with Gasteiger partial charge < -0.3 is 0 Å². The van der Waals surface area contributed by atoms with Crippen LogP contribution in [-0.2, 0) is 19.3 Å². The molecule has 2 aromatic rings. The summed E-state index contributed by atoms with van der Waals surface area (Å²) in [5.74, 6) is 0. The third-order valence-electron chi connectivity index (χ3n) is 6.16. The molecule has 0 aliphatic heterocycles. The summed E-state index contributed by atoms with van der Waals surface area (Å²) in [6.45, 7) is 14.0. The minimum atomic E-state index is -0.302. The lowest BCUT2D eigenvalue weighted by Crippen LogP contribution is -2.21. The Hall–Kier alpha value is -1.13. The summed E-state index contributed by atoms with van der Waals surface area (Å²) >= 11 is 0. The molecule has 2 rings (SSSR count). The number of unbranched alkanes of at least 4 members (excludes halogenated alkanes) is 3. The van der Waals surface area contributed by atoms with Crippen LogP contribution in [0.1, 0.15) is 87.1 Å². The summed E-state index contributed by atoms with van der Waals surface area (Å²) in [5, 5.41) is 3.21. The first-order valence-corrected chi connectivity index (χ1v) is 13.3. The standard InChI is InChI=1S/C27H41P/c1-7-10-15-23-19-20-27(25(17-12-9-3)24(23)16-11-8-2)28(6)26-18-13-14-21(4)22(26)5/h13-14,18-20H,7-12,15-17H2,1-6H3. The van der Waals surface area contributed by atoms with Gasteiger partial charge in [0, 0.05) is 0 Å². The second kappa shape index (κ2) is 11.8. The summed E-state index contributed by atoms with van der Waals surface area (Å²) in [5.41, 5.74) is 7.96. The highest BCUT2D eigenvalue weighted by Gasteiger charge is 2.19. The number of benzene rings is 2. The second-order valence-electron chi connectivity index (χ2n) is 8.29. The molecule has 0 saturated carbocycles. The number of hydrogen-bond acceptors (Lipinski definition) is 0. The molecule has 0 aromatic heterocycles. The zero-order valence-corrected chi connectivity index (χ0v) is 20.1. The fourth-order valence-electron chi connectivity index (χ4n) is 4.17. The SMILES string of the molecule is CCCCc1ccc(P(C)c2cccc(C)c2C)c(CCCC)c1CCCC. The van der Waals surface area contributed by atoms with Gasteiger partial charge in [-0.05, 0) is 105 Å². The molecule has 0 saturated heterocycles. The van der Waals surface area contributed by atoms with Gasteiger partial charge in [0.1, 0.15) is 0 Å². The van der Waals surface area contributed by atoms with E-state index in [1.54, 1.807) is 27.3 Å². The van der Waals surface area contributed by atoms with Crippen molar-refractivity contribution in [2.45, 2.75) is 92.4 Å². The zero-order chi connectivity index (χ0) is 20.5. The second-order valence-corrected chi connectivity index (χ2v) is 10.4. The van der Waals surface area contributed by atoms with Crippen LogP contribution in [0.25, 0.3) is 0 Å². The van der Waals surface area contributed by atoms with E-state index in [2.05, 4.69) is 71.6 Å². The molecule has 0 nitrogen and oxygen atoms in total. The van der Waals surface area contributed by atoms with Crippen molar-refractivity contribution in [1.82, 2.24) is 0 Å². The smallest absolute Gasteiger partial charge is 0.0163 e. The van der Waals surface area contributed by atoms with E-state index in [1.807, 2.05) is 0 Å². The molecule has 0 bridgehead atoms. The molecule has 2 aromatic carbocycles. The van der Waals surface area contributed by atoms with Crippen molar-refractivity contribution in [2.24, 2.45) is 0 Å². The lowest BCUT2D eigenvalue weighted by atomic mass is 9.91. The molecule has 1 heteroatoms. The minimum absolute atomic E-state index is 0.302. The van der Waals surface area contributed by atoms with Crippen molar-refractivity contribution >= 4 is 18.5 Å². The van der Waals surface area contributed by atoms with Crippen molar-refractivity contribution in [3.8, 4) is 0 Å². The van der Waals surface area contributed by atoms with Crippen molar-refractivity contribution in [1.29, 1.82) is 0 Å². The van der Waals surface area contributed by atoms with Crippen LogP contribution in [0.15, 0.2) is 30.3 Å². The molecule has 0 fully saturated rings. The highest BCUT2D eigenvalue weighted by Crippen LogP contribution is 2.35. The molecule has 1 atom stereocenters. The third kappa shape index (κ3) is 5.70. The maximum Gasteiger partial charge on any atom is -0.0163 e. The predicted molar refractivity (Wildman–Crippen MR) is 130 cm³/mol. The van der Waals surface area contributed by atoms with Crippen LogP contribution in [-0.4, -0.2) is 6.66 Å². The zero-order valence-electron chi connectivity index (χ0n) is 19.2. The Labute approximate surface area is 175 Å². The molecule has 0 aliphatic carbocycles. The number of rotatable bonds is 11. The van der Waals surface area contributed by atoms with Gasteiger partial charge in [-0.25, -0.2) is 0 Å². The van der Waals surface area contributed by atoms with Crippen LogP contribution in [0.4, 0.5) is 0 Å². The van der Waals surface area contributed by atoms with Gasteiger partial charge in [0.15, 0.2) is 0 Å². The Morgan fingerprint density at radius 3 is 1.93 bits per heavy atom. The highest BCUT2D eigenvalue weighted by molar-refractivity contribution is 7.72. The molecule has 0 radical (unpaired) electrons. The Kier molecular flexibility index (Phi) is 9.73. The van der Waals surface area contributed by atoms with E-state index in [0.717, 1.165) is 0 Å². The molecule has 1 unspecified atom stereocenters. The number of hydrogen-bond donors (Lipinski definition) is 0. The normalized spacial score (nSPS) is 12.4. The average molecular weight is 397 g/mol. The van der Waals surface area contributed by atoms with Crippen LogP contribution < -0.4 is 10.6 Å². The summed E-state index contributed by atoms with van der Waals surface area (Å²) in [6, 6.07) is 11.8. The van der Waals surface area contributed by atoms with Crippen molar-refractivity contribution in [3.63, 3.8) is 0 Å². The van der Waals surface area contributed by atoms with Crippen molar-refractivity contribution < 1.29 is 0 Å². The van der Waals surface area contributed by atoms with Gasteiger partial charge in [0.2, 0.25) is 0 Å². The van der Waals surface area contributed by atoms with Gasteiger partial charge in [-0.2, -0.15) is 0 Å². The van der Waals surface area contributed by atoms with Crippen LogP contribution in [0.3, 0.4) is 0 Å². The first-order chi connectivity index (χ1) is 13.5. The van der Waals surface area contributed by atoms with Gasteiger partial charge in [-0.15, -0.1) is 0 Å². The summed E-state index contributed by atoms with van der Waals surface area (Å²) in [4.78, 5) is 0. The van der Waals surface area contributed by atoms with E-state index in [0.29, 0.717) is 0 Å². The molecule has 0 aliphatic rings. The van der Waals surface area contributed by atoms with Crippen LogP contribution in [0.2, 0.25) is 0 Å². The summed E-state index contributed by atoms with van der Waals surface area (Å²) < 4.78 is 0. The van der Waals surface area contributed by atoms with Gasteiger partial charge in [0.25, 0.3) is 0 Å². The van der Waals surface area contributed by atoms with Gasteiger partial charge >= 0.3 is 0 Å². The fourth-order valence-corrected chi connectivity index (χ4v) is 6.37. The molecule has 28 heavy (non-hydrogen) atoms. The van der Waals surface area contributed by atoms with Gasteiger partial charge in [-0.1, -0.05) is 70.4 Å². The largest absolute Gasteiger partial charge is 0.0654 e. The maximum atomic E-state index is 2.50. The molecule has 154 valence electrons. The van der Waals surface area contributed by atoms with Crippen molar-refractivity contribution in [2.75, 3.05) is 6.66 Å². The van der Waals surface area contributed by atoms with Crippen LogP contribution in [0.5, 0.6) is 0 Å². The first-order valence-electron chi connectivity index (χ1n) is 11.5. The molecule has 0 spiro atoms. The van der Waals surface area contributed by atoms with E-state index in [9.17, 15) is 0 Å². The molecule has 0 heterocycles. The fraction of sp³-hybridized carbons (Fsp3) is 0.556. The summed E-state index contributed by atoms with van der Waals surface area (Å²) in [6.07, 6.45) is 11.5. The lowest BCUT2D eigenvalue weighted by molar-refractivity contribution is 0.737. The van der Waals surface area contributed by atoms with Gasteiger partial charge in [0.05, 0.1) is 0 Å². The van der Waals surface area contributed by atoms with Crippen molar-refractivity contribution in [3.05, 3.63) is 58.1 Å². The quantitative estimate of drug-likeness (QED) is 0.347. The van der Waals surface area contributed by atoms with Crippen LogP contribution >= 0.6 is 7.92 Å². The Morgan fingerprint density at radius 2 is 1.29 bits per heavy atom. The topological polar surface area (TPSA) is 0 Å². The Balaban J connectivity index is 2.56. The third-order valence-corrected chi connectivity index (χ3v) is 8.51. The van der Waals surface area contributed by atoms with E-state index in [-0.39, 0.29) is 7.92 Å². The van der Waals surface area contributed by atoms with E-state index in [4.69, 9.17) is 0 Å². The summed E-state index contributed by atoms with van der Waals surface area (Å²) in [7, 11) is -0.302. The molecule has 0 amide bonds. The molecular formula is C27H41P. The van der Waals surface area contributed by atoms with E-state index in [1.165, 1.54) is 68.9 Å². The van der Waals surface area contributed by atoms with E-state index < -0.39 is 0 Å². The lowest BCUT2D eigenvalue weighted by Gasteiger charge is -2.25. The maximum absolute atomic E-state index is 2.50. The van der Waals surface area contributed by atoms with Crippen LogP contribution in [0, 0.1) is 13.8 Å². The highest BCUT2D eigenvalue weighted by atomic mass is 31.1. The van der Waals surface area contributed by atoms with E-state index >= 15 is 0 Å². The van der Waals surface area contributed by atoms with Gasteiger partial charge in [-0.3, -0.25) is 0 Å². The minimum Gasteiger partial charge on any atom is -0.0654 e. The molecule has 0 N–H and O–H groups in total. The first kappa shape index (κ1) is 23.2.